The van der Waals surface area contributed by atoms with Crippen LogP contribution in [0.5, 0.6) is 0 Å². The van der Waals surface area contributed by atoms with Crippen molar-refractivity contribution in [2.75, 3.05) is 37.2 Å². The van der Waals surface area contributed by atoms with Crippen molar-refractivity contribution in [3.8, 4) is 0 Å². The number of nitrogen functional groups attached to an aromatic ring is 1. The normalized spacial score (nSPS) is 17.2. The Morgan fingerprint density at radius 2 is 2.06 bits per heavy atom. The van der Waals surface area contributed by atoms with Crippen LogP contribution in [0.2, 0.25) is 0 Å². The maximum Gasteiger partial charge on any atom is 0.146 e. The molecule has 0 aliphatic carbocycles. The molecule has 1 aliphatic rings. The van der Waals surface area contributed by atoms with E-state index < -0.39 is 0 Å². The van der Waals surface area contributed by atoms with Gasteiger partial charge < -0.3 is 16.0 Å². The molecule has 16 heavy (non-hydrogen) atoms. The largest absolute Gasteiger partial charge is 0.382 e. The first-order chi connectivity index (χ1) is 7.84. The summed E-state index contributed by atoms with van der Waals surface area (Å²) in [5, 5.41) is 3.24. The standard InChI is InChI=1S/C11H19N5/c12-10-8-13-9-11(15-10)14-4-7-16-5-2-1-3-6-16/h8-9H,1-7H2,(H3,12,14,15). The number of anilines is 2. The highest BCUT2D eigenvalue weighted by Crippen LogP contribution is 2.08. The summed E-state index contributed by atoms with van der Waals surface area (Å²) in [6, 6.07) is 0. The smallest absolute Gasteiger partial charge is 0.146 e. The van der Waals surface area contributed by atoms with Crippen molar-refractivity contribution in [3.05, 3.63) is 12.4 Å². The Labute approximate surface area is 96.1 Å². The second-order valence-electron chi connectivity index (χ2n) is 4.16. The Kier molecular flexibility index (Phi) is 3.93. The van der Waals surface area contributed by atoms with Crippen LogP contribution in [-0.4, -0.2) is 41.0 Å². The highest BCUT2D eigenvalue weighted by Gasteiger charge is 2.08. The highest BCUT2D eigenvalue weighted by molar-refractivity contribution is 5.38. The SMILES string of the molecule is Nc1cncc(NCCN2CCCCC2)n1. The maximum atomic E-state index is 5.55. The fraction of sp³-hybridized carbons (Fsp3) is 0.636. The van der Waals surface area contributed by atoms with Gasteiger partial charge in [-0.1, -0.05) is 6.42 Å². The summed E-state index contributed by atoms with van der Waals surface area (Å²) in [6.07, 6.45) is 7.29. The van der Waals surface area contributed by atoms with E-state index in [1.165, 1.54) is 32.4 Å². The van der Waals surface area contributed by atoms with Gasteiger partial charge in [-0.3, -0.25) is 4.98 Å². The first kappa shape index (κ1) is 11.1. The van der Waals surface area contributed by atoms with Crippen LogP contribution in [0.3, 0.4) is 0 Å². The summed E-state index contributed by atoms with van der Waals surface area (Å²) in [7, 11) is 0. The van der Waals surface area contributed by atoms with Crippen LogP contribution in [0.4, 0.5) is 11.6 Å². The van der Waals surface area contributed by atoms with Crippen LogP contribution in [0.1, 0.15) is 19.3 Å². The van der Waals surface area contributed by atoms with E-state index in [-0.39, 0.29) is 0 Å². The molecule has 5 nitrogen and oxygen atoms in total. The number of aromatic nitrogens is 2. The number of hydrogen-bond donors (Lipinski definition) is 2. The predicted molar refractivity (Wildman–Crippen MR) is 65.2 cm³/mol. The van der Waals surface area contributed by atoms with Gasteiger partial charge in [0.1, 0.15) is 11.6 Å². The molecule has 0 saturated carbocycles. The van der Waals surface area contributed by atoms with Gasteiger partial charge in [0, 0.05) is 13.1 Å². The van der Waals surface area contributed by atoms with E-state index in [1.807, 2.05) is 0 Å². The third-order valence-electron chi connectivity index (χ3n) is 2.84. The Hall–Kier alpha value is -1.36. The van der Waals surface area contributed by atoms with Gasteiger partial charge in [-0.2, -0.15) is 0 Å². The van der Waals surface area contributed by atoms with Crippen LogP contribution in [0.25, 0.3) is 0 Å². The number of hydrogen-bond acceptors (Lipinski definition) is 5. The predicted octanol–water partition coefficient (Wildman–Crippen LogP) is 0.957. The number of nitrogens with zero attached hydrogens (tertiary/aromatic N) is 3. The molecule has 88 valence electrons. The minimum atomic E-state index is 0.461. The second-order valence-corrected chi connectivity index (χ2v) is 4.16. The van der Waals surface area contributed by atoms with E-state index >= 15 is 0 Å². The molecule has 0 amide bonds. The molecule has 0 radical (unpaired) electrons. The minimum absolute atomic E-state index is 0.461. The third kappa shape index (κ3) is 3.34. The lowest BCUT2D eigenvalue weighted by Gasteiger charge is -2.26. The summed E-state index contributed by atoms with van der Waals surface area (Å²) >= 11 is 0. The molecule has 5 heteroatoms. The average Bonchev–Trinajstić information content (AvgIpc) is 2.30. The monoisotopic (exact) mass is 221 g/mol. The molecule has 0 spiro atoms. The Bertz CT molecular complexity index is 322. The molecule has 1 aromatic rings. The van der Waals surface area contributed by atoms with Crippen molar-refractivity contribution in [1.82, 2.24) is 14.9 Å². The lowest BCUT2D eigenvalue weighted by Crippen LogP contribution is -2.33. The molecule has 0 unspecified atom stereocenters. The molecule has 1 fully saturated rings. The van der Waals surface area contributed by atoms with Crippen molar-refractivity contribution in [2.24, 2.45) is 0 Å². The van der Waals surface area contributed by atoms with Gasteiger partial charge in [0.15, 0.2) is 0 Å². The first-order valence-corrected chi connectivity index (χ1v) is 5.88. The van der Waals surface area contributed by atoms with Crippen molar-refractivity contribution in [1.29, 1.82) is 0 Å². The number of nitrogens with two attached hydrogens (primary N) is 1. The van der Waals surface area contributed by atoms with Crippen LogP contribution < -0.4 is 11.1 Å². The number of nitrogens with one attached hydrogen (secondary N) is 1. The highest BCUT2D eigenvalue weighted by atomic mass is 15.1. The summed E-state index contributed by atoms with van der Waals surface area (Å²) in [4.78, 5) is 10.6. The zero-order valence-electron chi connectivity index (χ0n) is 9.52. The van der Waals surface area contributed by atoms with Gasteiger partial charge >= 0.3 is 0 Å². The molecule has 0 atom stereocenters. The lowest BCUT2D eigenvalue weighted by molar-refractivity contribution is 0.237. The summed E-state index contributed by atoms with van der Waals surface area (Å²) in [5.74, 6) is 1.22. The Morgan fingerprint density at radius 1 is 1.25 bits per heavy atom. The van der Waals surface area contributed by atoms with Crippen LogP contribution in [0.15, 0.2) is 12.4 Å². The molecule has 2 rings (SSSR count). The quantitative estimate of drug-likeness (QED) is 0.792. The molecule has 3 N–H and O–H groups in total. The van der Waals surface area contributed by atoms with E-state index in [4.69, 9.17) is 5.73 Å². The van der Waals surface area contributed by atoms with Crippen molar-refractivity contribution in [2.45, 2.75) is 19.3 Å². The van der Waals surface area contributed by atoms with Gasteiger partial charge in [-0.15, -0.1) is 0 Å². The van der Waals surface area contributed by atoms with Crippen molar-refractivity contribution >= 4 is 11.6 Å². The number of likely N-dealkylation sites (tertiary alicyclic amines) is 1. The van der Waals surface area contributed by atoms with E-state index in [9.17, 15) is 0 Å². The fourth-order valence-electron chi connectivity index (χ4n) is 1.99. The van der Waals surface area contributed by atoms with Crippen LogP contribution >= 0.6 is 0 Å². The third-order valence-corrected chi connectivity index (χ3v) is 2.84. The molecule has 1 saturated heterocycles. The molecule has 0 aromatic carbocycles. The van der Waals surface area contributed by atoms with Crippen LogP contribution in [-0.2, 0) is 0 Å². The molecule has 1 aliphatic heterocycles. The maximum absolute atomic E-state index is 5.55. The van der Waals surface area contributed by atoms with Gasteiger partial charge in [0.25, 0.3) is 0 Å². The Balaban J connectivity index is 1.71. The van der Waals surface area contributed by atoms with Gasteiger partial charge in [0.05, 0.1) is 12.4 Å². The minimum Gasteiger partial charge on any atom is -0.382 e. The number of piperidine rings is 1. The number of rotatable bonds is 4. The van der Waals surface area contributed by atoms with Crippen molar-refractivity contribution < 1.29 is 0 Å². The van der Waals surface area contributed by atoms with E-state index in [1.54, 1.807) is 12.4 Å². The average molecular weight is 221 g/mol. The molecule has 0 bridgehead atoms. The zero-order chi connectivity index (χ0) is 11.2. The topological polar surface area (TPSA) is 67.1 Å². The van der Waals surface area contributed by atoms with E-state index in [0.717, 1.165) is 18.9 Å². The van der Waals surface area contributed by atoms with Gasteiger partial charge in [-0.25, -0.2) is 4.98 Å². The molecular formula is C11H19N5. The van der Waals surface area contributed by atoms with Crippen molar-refractivity contribution in [3.63, 3.8) is 0 Å². The van der Waals surface area contributed by atoms with Crippen LogP contribution in [0, 0.1) is 0 Å². The molecule has 2 heterocycles. The Morgan fingerprint density at radius 3 is 2.81 bits per heavy atom. The van der Waals surface area contributed by atoms with Gasteiger partial charge in [0.2, 0.25) is 0 Å². The van der Waals surface area contributed by atoms with E-state index in [0.29, 0.717) is 5.82 Å². The molecule has 1 aromatic heterocycles. The summed E-state index contributed by atoms with van der Waals surface area (Å²) < 4.78 is 0. The first-order valence-electron chi connectivity index (χ1n) is 5.88. The van der Waals surface area contributed by atoms with E-state index in [2.05, 4.69) is 20.2 Å². The zero-order valence-corrected chi connectivity index (χ0v) is 9.52. The second kappa shape index (κ2) is 5.65. The fourth-order valence-corrected chi connectivity index (χ4v) is 1.99. The lowest BCUT2D eigenvalue weighted by atomic mass is 10.1. The summed E-state index contributed by atoms with van der Waals surface area (Å²) in [6.45, 7) is 4.42. The van der Waals surface area contributed by atoms with Gasteiger partial charge in [-0.05, 0) is 25.9 Å². The summed E-state index contributed by atoms with van der Waals surface area (Å²) in [5.41, 5.74) is 5.55. The molecular weight excluding hydrogens is 202 g/mol.